The number of anilines is 1. The minimum atomic E-state index is -1.39. The van der Waals surface area contributed by atoms with Gasteiger partial charge in [-0.15, -0.1) is 0 Å². The number of carbonyl (C=O) groups is 4. The Morgan fingerprint density at radius 2 is 1.93 bits per heavy atom. The number of nitriles is 1. The first-order valence-corrected chi connectivity index (χ1v) is 8.91. The van der Waals surface area contributed by atoms with Crippen molar-refractivity contribution in [3.05, 3.63) is 65.2 Å². The highest BCUT2D eigenvalue weighted by molar-refractivity contribution is 6.10. The molecule has 0 aliphatic carbocycles. The van der Waals surface area contributed by atoms with Gasteiger partial charge in [0, 0.05) is 5.69 Å². The summed E-state index contributed by atoms with van der Waals surface area (Å²) in [5, 5.41) is 14.2. The van der Waals surface area contributed by atoms with E-state index in [9.17, 15) is 19.2 Å². The summed E-state index contributed by atoms with van der Waals surface area (Å²) in [7, 11) is 1.24. The number of nitrogens with one attached hydrogen (secondary N) is 2. The van der Waals surface area contributed by atoms with Gasteiger partial charge < -0.3 is 15.4 Å². The maximum atomic E-state index is 12.9. The van der Waals surface area contributed by atoms with Crippen LogP contribution < -0.4 is 10.6 Å². The molecule has 0 spiro atoms. The molecule has 0 aromatic heterocycles. The van der Waals surface area contributed by atoms with Gasteiger partial charge in [-0.2, -0.15) is 5.26 Å². The second-order valence-electron chi connectivity index (χ2n) is 6.76. The van der Waals surface area contributed by atoms with E-state index in [-0.39, 0.29) is 5.56 Å². The van der Waals surface area contributed by atoms with E-state index in [2.05, 4.69) is 15.4 Å². The molecule has 2 aromatic carbocycles. The molecule has 2 N–H and O–H groups in total. The van der Waals surface area contributed by atoms with E-state index < -0.39 is 35.9 Å². The fourth-order valence-electron chi connectivity index (χ4n) is 3.12. The Hall–Kier alpha value is -4.19. The number of methoxy groups -OCH3 is 1. The molecule has 30 heavy (non-hydrogen) atoms. The van der Waals surface area contributed by atoms with E-state index in [1.165, 1.54) is 32.2 Å². The summed E-state index contributed by atoms with van der Waals surface area (Å²) in [5.74, 6) is -1.79. The fourth-order valence-corrected chi connectivity index (χ4v) is 3.12. The zero-order valence-corrected chi connectivity index (χ0v) is 16.3. The summed E-state index contributed by atoms with van der Waals surface area (Å²) in [6.45, 7) is 1.00. The van der Waals surface area contributed by atoms with Crippen LogP contribution in [0.1, 0.15) is 28.4 Å². The number of benzene rings is 2. The van der Waals surface area contributed by atoms with Crippen LogP contribution in [0.25, 0.3) is 0 Å². The number of imide groups is 1. The Morgan fingerprint density at radius 1 is 1.20 bits per heavy atom. The lowest BCUT2D eigenvalue weighted by Gasteiger charge is -2.22. The molecule has 1 aliphatic heterocycles. The minimum absolute atomic E-state index is 0.246. The third-order valence-corrected chi connectivity index (χ3v) is 4.71. The van der Waals surface area contributed by atoms with Crippen LogP contribution in [0, 0.1) is 11.3 Å². The molecule has 1 aliphatic rings. The van der Waals surface area contributed by atoms with Crippen molar-refractivity contribution in [2.45, 2.75) is 12.5 Å². The summed E-state index contributed by atoms with van der Waals surface area (Å²) >= 11 is 0. The Labute approximate surface area is 172 Å². The number of rotatable bonds is 5. The van der Waals surface area contributed by atoms with Crippen LogP contribution >= 0.6 is 0 Å². The fraction of sp³-hybridized carbons (Fsp3) is 0.190. The van der Waals surface area contributed by atoms with Crippen molar-refractivity contribution < 1.29 is 23.9 Å². The highest BCUT2D eigenvalue weighted by Crippen LogP contribution is 2.29. The Balaban J connectivity index is 1.75. The smallest absolute Gasteiger partial charge is 0.337 e. The molecule has 4 amide bonds. The number of carbonyl (C=O) groups excluding carboxylic acids is 4. The van der Waals surface area contributed by atoms with Gasteiger partial charge in [0.15, 0.2) is 0 Å². The lowest BCUT2D eigenvalue weighted by Crippen LogP contribution is -2.42. The number of ether oxygens (including phenoxy) is 1. The van der Waals surface area contributed by atoms with Gasteiger partial charge in [0.1, 0.15) is 12.1 Å². The molecule has 9 heteroatoms. The molecule has 9 nitrogen and oxygen atoms in total. The molecular formula is C21H18N4O5. The van der Waals surface area contributed by atoms with Gasteiger partial charge in [-0.05, 0) is 42.8 Å². The summed E-state index contributed by atoms with van der Waals surface area (Å²) in [4.78, 5) is 50.1. The van der Waals surface area contributed by atoms with E-state index in [0.717, 1.165) is 4.90 Å². The molecule has 2 aromatic rings. The van der Waals surface area contributed by atoms with Crippen LogP contribution in [0.3, 0.4) is 0 Å². The van der Waals surface area contributed by atoms with Gasteiger partial charge in [0.2, 0.25) is 5.91 Å². The van der Waals surface area contributed by atoms with Crippen LogP contribution in [0.2, 0.25) is 0 Å². The van der Waals surface area contributed by atoms with Crippen molar-refractivity contribution in [2.75, 3.05) is 19.0 Å². The topological polar surface area (TPSA) is 129 Å². The van der Waals surface area contributed by atoms with Gasteiger partial charge in [-0.25, -0.2) is 9.59 Å². The highest BCUT2D eigenvalue weighted by Gasteiger charge is 2.49. The van der Waals surface area contributed by atoms with Crippen molar-refractivity contribution in [2.24, 2.45) is 0 Å². The average Bonchev–Trinajstić information content (AvgIpc) is 2.97. The number of hydrogen-bond donors (Lipinski definition) is 2. The summed E-state index contributed by atoms with van der Waals surface area (Å²) in [6.07, 6.45) is 0. The van der Waals surface area contributed by atoms with Gasteiger partial charge in [-0.3, -0.25) is 14.5 Å². The van der Waals surface area contributed by atoms with E-state index in [1.54, 1.807) is 30.3 Å². The first-order chi connectivity index (χ1) is 14.3. The zero-order chi connectivity index (χ0) is 21.9. The van der Waals surface area contributed by atoms with Gasteiger partial charge >= 0.3 is 12.0 Å². The third-order valence-electron chi connectivity index (χ3n) is 4.71. The molecule has 3 rings (SSSR count). The summed E-state index contributed by atoms with van der Waals surface area (Å²) < 4.78 is 4.64. The van der Waals surface area contributed by atoms with Gasteiger partial charge in [0.25, 0.3) is 5.91 Å². The molecule has 1 heterocycles. The standard InChI is InChI=1S/C21H18N4O5/c1-21(15-7-3-5-13(9-15)11-22)19(28)25(20(29)24-21)12-17(26)23-16-8-4-6-14(10-16)18(27)30-2/h3-10H,12H2,1-2H3,(H,23,26)(H,24,29). The number of urea groups is 1. The quantitative estimate of drug-likeness (QED) is 0.575. The van der Waals surface area contributed by atoms with Crippen molar-refractivity contribution in [1.82, 2.24) is 10.2 Å². The van der Waals surface area contributed by atoms with Crippen LogP contribution in [-0.2, 0) is 19.9 Å². The highest BCUT2D eigenvalue weighted by atomic mass is 16.5. The first-order valence-electron chi connectivity index (χ1n) is 8.91. The lowest BCUT2D eigenvalue weighted by atomic mass is 9.91. The minimum Gasteiger partial charge on any atom is -0.465 e. The van der Waals surface area contributed by atoms with E-state index in [1.807, 2.05) is 6.07 Å². The average molecular weight is 406 g/mol. The molecule has 0 radical (unpaired) electrons. The molecular weight excluding hydrogens is 388 g/mol. The largest absolute Gasteiger partial charge is 0.465 e. The van der Waals surface area contributed by atoms with Crippen LogP contribution in [0.4, 0.5) is 10.5 Å². The number of nitrogens with zero attached hydrogens (tertiary/aromatic N) is 2. The van der Waals surface area contributed by atoms with Crippen LogP contribution in [-0.4, -0.2) is 42.4 Å². The number of esters is 1. The second-order valence-corrected chi connectivity index (χ2v) is 6.76. The maximum Gasteiger partial charge on any atom is 0.337 e. The first kappa shape index (κ1) is 20.5. The molecule has 0 saturated carbocycles. The Bertz CT molecular complexity index is 1090. The number of amides is 4. The molecule has 152 valence electrons. The lowest BCUT2D eigenvalue weighted by molar-refractivity contribution is -0.133. The molecule has 1 fully saturated rings. The maximum absolute atomic E-state index is 12.9. The van der Waals surface area contributed by atoms with Crippen molar-refractivity contribution >= 4 is 29.5 Å². The van der Waals surface area contributed by atoms with Gasteiger partial charge in [0.05, 0.1) is 24.3 Å². The van der Waals surface area contributed by atoms with E-state index in [4.69, 9.17) is 5.26 Å². The monoisotopic (exact) mass is 406 g/mol. The normalized spacial score (nSPS) is 17.8. The Kier molecular flexibility index (Phi) is 5.51. The summed E-state index contributed by atoms with van der Waals surface area (Å²) in [6, 6.07) is 13.7. The molecule has 0 bridgehead atoms. The van der Waals surface area contributed by atoms with Gasteiger partial charge in [-0.1, -0.05) is 18.2 Å². The van der Waals surface area contributed by atoms with Crippen molar-refractivity contribution in [3.8, 4) is 6.07 Å². The summed E-state index contributed by atoms with van der Waals surface area (Å²) in [5.41, 5.74) is -0.0459. The molecule has 1 saturated heterocycles. The SMILES string of the molecule is COC(=O)c1cccc(NC(=O)CN2C(=O)NC(C)(c3cccc(C#N)c3)C2=O)c1. The van der Waals surface area contributed by atoms with E-state index in [0.29, 0.717) is 16.8 Å². The third kappa shape index (κ3) is 3.84. The molecule has 1 atom stereocenters. The second kappa shape index (κ2) is 8.05. The van der Waals surface area contributed by atoms with Crippen molar-refractivity contribution in [1.29, 1.82) is 5.26 Å². The molecule has 1 unspecified atom stereocenters. The number of hydrogen-bond acceptors (Lipinski definition) is 6. The zero-order valence-electron chi connectivity index (χ0n) is 16.3. The Morgan fingerprint density at radius 3 is 2.63 bits per heavy atom. The van der Waals surface area contributed by atoms with E-state index >= 15 is 0 Å². The van der Waals surface area contributed by atoms with Crippen LogP contribution in [0.15, 0.2) is 48.5 Å². The van der Waals surface area contributed by atoms with Crippen LogP contribution in [0.5, 0.6) is 0 Å². The predicted octanol–water partition coefficient (Wildman–Crippen LogP) is 1.75. The predicted molar refractivity (Wildman–Crippen MR) is 105 cm³/mol. The van der Waals surface area contributed by atoms with Crippen molar-refractivity contribution in [3.63, 3.8) is 0 Å².